The van der Waals surface area contributed by atoms with E-state index in [1.54, 1.807) is 30.0 Å². The topological polar surface area (TPSA) is 59.8 Å². The molecule has 0 aliphatic heterocycles. The lowest BCUT2D eigenvalue weighted by Crippen LogP contribution is -2.28. The predicted octanol–water partition coefficient (Wildman–Crippen LogP) is 5.45. The first-order chi connectivity index (χ1) is 13.8. The summed E-state index contributed by atoms with van der Waals surface area (Å²) in [6, 6.07) is 13.6. The van der Waals surface area contributed by atoms with Gasteiger partial charge in [-0.1, -0.05) is 78.6 Å². The van der Waals surface area contributed by atoms with Gasteiger partial charge in [0.05, 0.1) is 17.3 Å². The maximum atomic E-state index is 12.0. The minimum Gasteiger partial charge on any atom is -0.349 e. The van der Waals surface area contributed by atoms with E-state index < -0.39 is 0 Å². The molecule has 0 saturated heterocycles. The largest absolute Gasteiger partial charge is 0.349 e. The van der Waals surface area contributed by atoms with Crippen LogP contribution in [-0.4, -0.2) is 20.7 Å². The third-order valence-electron chi connectivity index (χ3n) is 4.24. The molecule has 8 heteroatoms. The molecule has 1 aromatic heterocycles. The van der Waals surface area contributed by atoms with E-state index in [1.165, 1.54) is 11.1 Å². The molecule has 3 aromatic rings. The fourth-order valence-electron chi connectivity index (χ4n) is 2.73. The molecule has 0 atom stereocenters. The van der Waals surface area contributed by atoms with Crippen molar-refractivity contribution in [1.29, 1.82) is 0 Å². The summed E-state index contributed by atoms with van der Waals surface area (Å²) in [4.78, 5) is 12.0. The summed E-state index contributed by atoms with van der Waals surface area (Å²) in [7, 11) is 0. The van der Waals surface area contributed by atoms with Crippen molar-refractivity contribution in [3.8, 4) is 5.69 Å². The minimum absolute atomic E-state index is 0.0503. The third-order valence-corrected chi connectivity index (χ3v) is 5.80. The van der Waals surface area contributed by atoms with Gasteiger partial charge >= 0.3 is 0 Å². The minimum atomic E-state index is -0.115. The number of carbonyl (C=O) groups excluding carboxylic acids is 1. The molecule has 152 valence electrons. The first-order valence-corrected chi connectivity index (χ1v) is 10.9. The number of carbonyl (C=O) groups is 1. The SMILES string of the molecule is Cc1cccc(CSc2nnc(CNC(=O)C(C)C)n2-c2cc(Cl)ccc2Cl)c1. The summed E-state index contributed by atoms with van der Waals surface area (Å²) in [5, 5.41) is 13.3. The van der Waals surface area contributed by atoms with Crippen LogP contribution in [0.1, 0.15) is 30.8 Å². The van der Waals surface area contributed by atoms with E-state index in [4.69, 9.17) is 23.2 Å². The van der Waals surface area contributed by atoms with E-state index in [1.807, 2.05) is 24.5 Å². The van der Waals surface area contributed by atoms with Gasteiger partial charge in [-0.15, -0.1) is 10.2 Å². The van der Waals surface area contributed by atoms with Crippen molar-refractivity contribution in [2.75, 3.05) is 0 Å². The van der Waals surface area contributed by atoms with Crippen LogP contribution in [0.15, 0.2) is 47.6 Å². The van der Waals surface area contributed by atoms with Crippen LogP contribution in [0.5, 0.6) is 0 Å². The van der Waals surface area contributed by atoms with Gasteiger partial charge in [0.1, 0.15) is 0 Å². The second-order valence-electron chi connectivity index (χ2n) is 6.98. The molecule has 2 aromatic carbocycles. The molecule has 29 heavy (non-hydrogen) atoms. The number of nitrogens with zero attached hydrogens (tertiary/aromatic N) is 3. The summed E-state index contributed by atoms with van der Waals surface area (Å²) >= 11 is 14.2. The van der Waals surface area contributed by atoms with Crippen molar-refractivity contribution in [2.45, 2.75) is 38.2 Å². The van der Waals surface area contributed by atoms with Gasteiger partial charge in [-0.3, -0.25) is 9.36 Å². The number of hydrogen-bond acceptors (Lipinski definition) is 4. The Kier molecular flexibility index (Phi) is 7.22. The van der Waals surface area contributed by atoms with Gasteiger partial charge in [-0.2, -0.15) is 0 Å². The maximum Gasteiger partial charge on any atom is 0.222 e. The molecular formula is C21H22Cl2N4OS. The number of thioether (sulfide) groups is 1. The second kappa shape index (κ2) is 9.65. The Hall–Kier alpha value is -2.02. The quantitative estimate of drug-likeness (QED) is 0.488. The lowest BCUT2D eigenvalue weighted by atomic mass is 10.2. The third kappa shape index (κ3) is 5.53. The molecule has 5 nitrogen and oxygen atoms in total. The highest BCUT2D eigenvalue weighted by molar-refractivity contribution is 7.98. The highest BCUT2D eigenvalue weighted by atomic mass is 35.5. The average molecular weight is 449 g/mol. The fourth-order valence-corrected chi connectivity index (χ4v) is 4.00. The number of hydrogen-bond donors (Lipinski definition) is 1. The highest BCUT2D eigenvalue weighted by Gasteiger charge is 2.18. The molecule has 0 aliphatic rings. The lowest BCUT2D eigenvalue weighted by Gasteiger charge is -2.13. The molecule has 0 radical (unpaired) electrons. The molecule has 0 aliphatic carbocycles. The van der Waals surface area contributed by atoms with Gasteiger partial charge < -0.3 is 5.32 Å². The van der Waals surface area contributed by atoms with Crippen LogP contribution in [-0.2, 0) is 17.1 Å². The zero-order valence-electron chi connectivity index (χ0n) is 16.4. The van der Waals surface area contributed by atoms with Crippen molar-refractivity contribution in [3.05, 3.63) is 69.5 Å². The highest BCUT2D eigenvalue weighted by Crippen LogP contribution is 2.31. The first kappa shape index (κ1) is 21.7. The van der Waals surface area contributed by atoms with E-state index >= 15 is 0 Å². The average Bonchev–Trinajstić information content (AvgIpc) is 3.09. The molecule has 0 spiro atoms. The smallest absolute Gasteiger partial charge is 0.222 e. The van der Waals surface area contributed by atoms with Gasteiger partial charge in [0.2, 0.25) is 5.91 Å². The van der Waals surface area contributed by atoms with Gasteiger partial charge in [0.15, 0.2) is 11.0 Å². The van der Waals surface area contributed by atoms with Crippen molar-refractivity contribution in [1.82, 2.24) is 20.1 Å². The van der Waals surface area contributed by atoms with Gasteiger partial charge in [0.25, 0.3) is 0 Å². The van der Waals surface area contributed by atoms with Crippen LogP contribution >= 0.6 is 35.0 Å². The Balaban J connectivity index is 1.93. The Bertz CT molecular complexity index is 1020. The normalized spacial score (nSPS) is 11.1. The molecule has 1 heterocycles. The monoisotopic (exact) mass is 448 g/mol. The number of nitrogens with one attached hydrogen (secondary N) is 1. The van der Waals surface area contributed by atoms with Crippen molar-refractivity contribution < 1.29 is 4.79 Å². The van der Waals surface area contributed by atoms with E-state index in [0.29, 0.717) is 26.7 Å². The van der Waals surface area contributed by atoms with Crippen LogP contribution in [0.25, 0.3) is 5.69 Å². The number of rotatable bonds is 7. The summed E-state index contributed by atoms with van der Waals surface area (Å²) in [5.41, 5.74) is 3.08. The van der Waals surface area contributed by atoms with Crippen molar-refractivity contribution >= 4 is 40.9 Å². The van der Waals surface area contributed by atoms with Crippen LogP contribution in [0.3, 0.4) is 0 Å². The maximum absolute atomic E-state index is 12.0. The summed E-state index contributed by atoms with van der Waals surface area (Å²) in [6.07, 6.45) is 0. The van der Waals surface area contributed by atoms with Crippen LogP contribution in [0.2, 0.25) is 10.0 Å². The lowest BCUT2D eigenvalue weighted by molar-refractivity contribution is -0.124. The Morgan fingerprint density at radius 1 is 1.17 bits per heavy atom. The molecule has 0 bridgehead atoms. The Labute approximate surface area is 184 Å². The van der Waals surface area contributed by atoms with E-state index in [9.17, 15) is 4.79 Å². The van der Waals surface area contributed by atoms with E-state index in [0.717, 1.165) is 5.75 Å². The standard InChI is InChI=1S/C21H22Cl2N4OS/c1-13(2)20(28)24-11-19-25-26-21(29-12-15-6-4-5-14(3)9-15)27(19)18-10-16(22)7-8-17(18)23/h4-10,13H,11-12H2,1-3H3,(H,24,28). The fraction of sp³-hybridized carbons (Fsp3) is 0.286. The number of aryl methyl sites for hydroxylation is 1. The van der Waals surface area contributed by atoms with Gasteiger partial charge in [0, 0.05) is 16.7 Å². The van der Waals surface area contributed by atoms with Crippen molar-refractivity contribution in [3.63, 3.8) is 0 Å². The van der Waals surface area contributed by atoms with Gasteiger partial charge in [-0.25, -0.2) is 0 Å². The summed E-state index contributed by atoms with van der Waals surface area (Å²) in [5.74, 6) is 1.16. The Morgan fingerprint density at radius 3 is 2.69 bits per heavy atom. The van der Waals surface area contributed by atoms with Crippen LogP contribution in [0.4, 0.5) is 0 Å². The zero-order valence-corrected chi connectivity index (χ0v) is 18.8. The molecule has 0 saturated carbocycles. The number of amides is 1. The number of aromatic nitrogens is 3. The van der Waals surface area contributed by atoms with Crippen molar-refractivity contribution in [2.24, 2.45) is 5.92 Å². The Morgan fingerprint density at radius 2 is 1.97 bits per heavy atom. The molecular weight excluding hydrogens is 427 g/mol. The molecule has 1 N–H and O–H groups in total. The van der Waals surface area contributed by atoms with Gasteiger partial charge in [-0.05, 0) is 30.7 Å². The molecule has 0 fully saturated rings. The zero-order chi connectivity index (χ0) is 21.0. The summed E-state index contributed by atoms with van der Waals surface area (Å²) in [6.45, 7) is 6.00. The van der Waals surface area contributed by atoms with E-state index in [-0.39, 0.29) is 18.4 Å². The summed E-state index contributed by atoms with van der Waals surface area (Å²) < 4.78 is 1.86. The number of halogens is 2. The molecule has 3 rings (SSSR count). The van der Waals surface area contributed by atoms with Crippen LogP contribution in [0, 0.1) is 12.8 Å². The predicted molar refractivity (Wildman–Crippen MR) is 119 cm³/mol. The second-order valence-corrected chi connectivity index (χ2v) is 8.77. The first-order valence-electron chi connectivity index (χ1n) is 9.21. The van der Waals surface area contributed by atoms with E-state index in [2.05, 4.69) is 40.6 Å². The molecule has 0 unspecified atom stereocenters. The van der Waals surface area contributed by atoms with Crippen LogP contribution < -0.4 is 5.32 Å². The molecule has 1 amide bonds. The number of benzene rings is 2.